The fraction of sp³-hybridized carbons (Fsp3) is 0.385. The number of aromatic amines is 2. The molecule has 1 saturated heterocycles. The molecule has 1 aromatic carbocycles. The number of hydrogen-bond acceptors (Lipinski definition) is 5. The van der Waals surface area contributed by atoms with Crippen molar-refractivity contribution in [3.63, 3.8) is 0 Å². The second kappa shape index (κ2) is 5.67. The highest BCUT2D eigenvalue weighted by molar-refractivity contribution is 7.89. The van der Waals surface area contributed by atoms with E-state index in [4.69, 9.17) is 4.74 Å². The highest BCUT2D eigenvalue weighted by atomic mass is 32.2. The van der Waals surface area contributed by atoms with Gasteiger partial charge in [0.05, 0.1) is 22.0 Å². The second-order valence-electron chi connectivity index (χ2n) is 5.10. The van der Waals surface area contributed by atoms with Crippen LogP contribution in [-0.4, -0.2) is 37.6 Å². The lowest BCUT2D eigenvalue weighted by molar-refractivity contribution is 0.114. The van der Waals surface area contributed by atoms with E-state index < -0.39 is 21.1 Å². The largest absolute Gasteiger partial charge is 0.377 e. The minimum Gasteiger partial charge on any atom is -0.377 e. The maximum atomic E-state index is 12.3. The summed E-state index contributed by atoms with van der Waals surface area (Å²) < 4.78 is 32.4. The molecule has 2 aromatic rings. The molecule has 0 saturated carbocycles. The summed E-state index contributed by atoms with van der Waals surface area (Å²) in [5.41, 5.74) is -0.985. The lowest BCUT2D eigenvalue weighted by atomic mass is 10.2. The number of fused-ring (bicyclic) bond motifs is 1. The molecule has 0 unspecified atom stereocenters. The van der Waals surface area contributed by atoms with Gasteiger partial charge in [-0.05, 0) is 31.0 Å². The Kier molecular flexibility index (Phi) is 3.85. The Bertz CT molecular complexity index is 909. The molecule has 22 heavy (non-hydrogen) atoms. The maximum Gasteiger partial charge on any atom is 0.314 e. The Morgan fingerprint density at radius 1 is 1.18 bits per heavy atom. The number of ether oxygens (including phenoxy) is 1. The van der Waals surface area contributed by atoms with Crippen molar-refractivity contribution in [3.8, 4) is 0 Å². The van der Waals surface area contributed by atoms with E-state index in [1.165, 1.54) is 18.2 Å². The summed E-state index contributed by atoms with van der Waals surface area (Å²) in [6.07, 6.45) is 1.65. The third kappa shape index (κ3) is 2.96. The van der Waals surface area contributed by atoms with Gasteiger partial charge in [0.15, 0.2) is 0 Å². The van der Waals surface area contributed by atoms with Crippen molar-refractivity contribution in [1.82, 2.24) is 14.7 Å². The van der Waals surface area contributed by atoms with E-state index in [9.17, 15) is 18.0 Å². The van der Waals surface area contributed by atoms with Gasteiger partial charge in [0.1, 0.15) is 0 Å². The molecule has 1 fully saturated rings. The molecule has 3 rings (SSSR count). The van der Waals surface area contributed by atoms with Gasteiger partial charge in [-0.15, -0.1) is 0 Å². The summed E-state index contributed by atoms with van der Waals surface area (Å²) >= 11 is 0. The Labute approximate surface area is 125 Å². The molecule has 0 aliphatic carbocycles. The molecule has 0 spiro atoms. The summed E-state index contributed by atoms with van der Waals surface area (Å²) in [5, 5.41) is 0. The van der Waals surface area contributed by atoms with Gasteiger partial charge in [-0.25, -0.2) is 13.1 Å². The average Bonchev–Trinajstić information content (AvgIpc) is 2.99. The normalized spacial score (nSPS) is 18.8. The molecule has 2 heterocycles. The molecule has 1 atom stereocenters. The maximum absolute atomic E-state index is 12.3. The molecule has 9 heteroatoms. The van der Waals surface area contributed by atoms with E-state index in [2.05, 4.69) is 14.7 Å². The van der Waals surface area contributed by atoms with Crippen LogP contribution in [0.5, 0.6) is 0 Å². The van der Waals surface area contributed by atoms with Crippen molar-refractivity contribution in [2.75, 3.05) is 13.2 Å². The van der Waals surface area contributed by atoms with E-state index >= 15 is 0 Å². The molecular formula is C13H15N3O5S. The Balaban J connectivity index is 1.89. The summed E-state index contributed by atoms with van der Waals surface area (Å²) in [5.74, 6) is 0. The van der Waals surface area contributed by atoms with E-state index in [1.807, 2.05) is 0 Å². The first-order valence-electron chi connectivity index (χ1n) is 6.83. The topological polar surface area (TPSA) is 121 Å². The van der Waals surface area contributed by atoms with Crippen LogP contribution in [0, 0.1) is 0 Å². The van der Waals surface area contributed by atoms with Crippen molar-refractivity contribution in [2.24, 2.45) is 0 Å². The molecule has 3 N–H and O–H groups in total. The van der Waals surface area contributed by atoms with Crippen LogP contribution in [0.4, 0.5) is 0 Å². The summed E-state index contributed by atoms with van der Waals surface area (Å²) in [7, 11) is -3.71. The van der Waals surface area contributed by atoms with Crippen LogP contribution < -0.4 is 15.8 Å². The predicted molar refractivity (Wildman–Crippen MR) is 79.4 cm³/mol. The lowest BCUT2D eigenvalue weighted by Crippen LogP contribution is -2.32. The first-order chi connectivity index (χ1) is 10.5. The predicted octanol–water partition coefficient (Wildman–Crippen LogP) is -0.326. The van der Waals surface area contributed by atoms with Crippen LogP contribution in [0.3, 0.4) is 0 Å². The van der Waals surface area contributed by atoms with Crippen LogP contribution in [0.1, 0.15) is 12.8 Å². The van der Waals surface area contributed by atoms with Gasteiger partial charge >= 0.3 is 11.1 Å². The van der Waals surface area contributed by atoms with Gasteiger partial charge in [-0.3, -0.25) is 9.59 Å². The van der Waals surface area contributed by atoms with Crippen molar-refractivity contribution < 1.29 is 13.2 Å². The standard InChI is InChI=1S/C13H15N3O5S/c17-12-13(18)16-11-6-9(3-4-10(11)15-12)22(19,20)14-7-8-2-1-5-21-8/h3-4,6,8,14H,1-2,5,7H2,(H,15,17)(H,16,18)/t8-/m1/s1. The zero-order chi connectivity index (χ0) is 15.7. The summed E-state index contributed by atoms with van der Waals surface area (Å²) in [6, 6.07) is 4.12. The Hall–Kier alpha value is -1.97. The van der Waals surface area contributed by atoms with Crippen molar-refractivity contribution >= 4 is 21.1 Å². The smallest absolute Gasteiger partial charge is 0.314 e. The molecule has 8 nitrogen and oxygen atoms in total. The highest BCUT2D eigenvalue weighted by Crippen LogP contribution is 2.16. The number of benzene rings is 1. The zero-order valence-electron chi connectivity index (χ0n) is 11.6. The molecule has 1 aliphatic heterocycles. The van der Waals surface area contributed by atoms with E-state index in [1.54, 1.807) is 0 Å². The van der Waals surface area contributed by atoms with Gasteiger partial charge in [-0.2, -0.15) is 0 Å². The number of rotatable bonds is 4. The van der Waals surface area contributed by atoms with E-state index in [0.29, 0.717) is 12.1 Å². The summed E-state index contributed by atoms with van der Waals surface area (Å²) in [6.45, 7) is 0.861. The van der Waals surface area contributed by atoms with Crippen LogP contribution in [0.25, 0.3) is 11.0 Å². The van der Waals surface area contributed by atoms with Crippen LogP contribution in [-0.2, 0) is 14.8 Å². The second-order valence-corrected chi connectivity index (χ2v) is 6.87. The Morgan fingerprint density at radius 2 is 1.91 bits per heavy atom. The van der Waals surface area contributed by atoms with Gasteiger partial charge in [0.25, 0.3) is 0 Å². The van der Waals surface area contributed by atoms with Gasteiger partial charge < -0.3 is 14.7 Å². The third-order valence-electron chi connectivity index (χ3n) is 3.53. The number of H-pyrrole nitrogens is 2. The van der Waals surface area contributed by atoms with Crippen LogP contribution >= 0.6 is 0 Å². The minimum atomic E-state index is -3.71. The van der Waals surface area contributed by atoms with E-state index in [0.717, 1.165) is 12.8 Å². The highest BCUT2D eigenvalue weighted by Gasteiger charge is 2.20. The van der Waals surface area contributed by atoms with Crippen LogP contribution in [0.2, 0.25) is 0 Å². The number of sulfonamides is 1. The molecule has 0 bridgehead atoms. The van der Waals surface area contributed by atoms with Crippen molar-refractivity contribution in [1.29, 1.82) is 0 Å². The minimum absolute atomic E-state index is 0.0145. The van der Waals surface area contributed by atoms with Gasteiger partial charge in [0, 0.05) is 13.2 Å². The third-order valence-corrected chi connectivity index (χ3v) is 4.95. The molecule has 118 valence electrons. The van der Waals surface area contributed by atoms with Gasteiger partial charge in [0.2, 0.25) is 10.0 Å². The van der Waals surface area contributed by atoms with Gasteiger partial charge in [-0.1, -0.05) is 0 Å². The first-order valence-corrected chi connectivity index (χ1v) is 8.32. The number of aromatic nitrogens is 2. The molecule has 0 radical (unpaired) electrons. The number of hydrogen-bond donors (Lipinski definition) is 3. The fourth-order valence-corrected chi connectivity index (χ4v) is 3.44. The quantitative estimate of drug-likeness (QED) is 0.665. The molecule has 0 amide bonds. The van der Waals surface area contributed by atoms with Crippen molar-refractivity contribution in [3.05, 3.63) is 38.9 Å². The summed E-state index contributed by atoms with van der Waals surface area (Å²) in [4.78, 5) is 27.3. The monoisotopic (exact) mass is 325 g/mol. The van der Waals surface area contributed by atoms with Crippen molar-refractivity contribution in [2.45, 2.75) is 23.8 Å². The SMILES string of the molecule is O=c1[nH]c2ccc(S(=O)(=O)NC[C@H]3CCCO3)cc2[nH]c1=O. The van der Waals surface area contributed by atoms with E-state index in [-0.39, 0.29) is 23.1 Å². The average molecular weight is 325 g/mol. The molecule has 1 aliphatic rings. The first kappa shape index (κ1) is 14.9. The molecule has 1 aromatic heterocycles. The lowest BCUT2D eigenvalue weighted by Gasteiger charge is -2.11. The zero-order valence-corrected chi connectivity index (χ0v) is 12.4. The Morgan fingerprint density at radius 3 is 2.59 bits per heavy atom. The molecular weight excluding hydrogens is 310 g/mol. The fourth-order valence-electron chi connectivity index (χ4n) is 2.35. The van der Waals surface area contributed by atoms with Crippen LogP contribution in [0.15, 0.2) is 32.7 Å². The number of nitrogens with one attached hydrogen (secondary N) is 3.